The van der Waals surface area contributed by atoms with Gasteiger partial charge in [0.15, 0.2) is 5.78 Å². The van der Waals surface area contributed by atoms with Crippen LogP contribution < -0.4 is 5.32 Å². The Bertz CT molecular complexity index is 641. The van der Waals surface area contributed by atoms with Crippen LogP contribution in [0.5, 0.6) is 0 Å². The molecule has 1 N–H and O–H groups in total. The number of ketones is 1. The van der Waals surface area contributed by atoms with Gasteiger partial charge in [0.05, 0.1) is 10.3 Å². The molecule has 1 aliphatic rings. The third-order valence-electron chi connectivity index (χ3n) is 3.33. The summed E-state index contributed by atoms with van der Waals surface area (Å²) in [5.41, 5.74) is 2.35. The molecule has 0 aliphatic carbocycles. The molecule has 1 heterocycles. The molecule has 1 aromatic carbocycles. The Morgan fingerprint density at radius 1 is 1.33 bits per heavy atom. The topological polar surface area (TPSA) is 70.0 Å². The highest BCUT2D eigenvalue weighted by Crippen LogP contribution is 2.31. The molecule has 5 heteroatoms. The van der Waals surface area contributed by atoms with Gasteiger partial charge in [-0.25, -0.2) is 0 Å². The van der Waals surface area contributed by atoms with Crippen molar-refractivity contribution in [1.29, 1.82) is 5.26 Å². The van der Waals surface area contributed by atoms with E-state index in [4.69, 9.17) is 5.26 Å². The summed E-state index contributed by atoms with van der Waals surface area (Å²) in [6, 6.07) is 10.0. The standard InChI is InChI=1S/C16H16N2O2S/c1-3-11-4-6-12(7-5-11)8-14-15(20)18-16(21-14)13(9-17)10(2)19/h4-7,14H,3,8H2,1-2H3,(H,18,20)/b16-13+/t14-/m1/s1. The molecule has 1 amide bonds. The van der Waals surface area contributed by atoms with Gasteiger partial charge in [-0.2, -0.15) is 5.26 Å². The van der Waals surface area contributed by atoms with Gasteiger partial charge in [0.2, 0.25) is 5.91 Å². The molecule has 21 heavy (non-hydrogen) atoms. The first-order valence-electron chi connectivity index (χ1n) is 6.75. The van der Waals surface area contributed by atoms with Gasteiger partial charge in [0.25, 0.3) is 0 Å². The van der Waals surface area contributed by atoms with Crippen LogP contribution in [0.1, 0.15) is 25.0 Å². The summed E-state index contributed by atoms with van der Waals surface area (Å²) in [5, 5.41) is 11.7. The molecule has 0 bridgehead atoms. The molecule has 0 spiro atoms. The van der Waals surface area contributed by atoms with Crippen molar-refractivity contribution in [3.8, 4) is 6.07 Å². The number of carbonyl (C=O) groups is 2. The number of amides is 1. The van der Waals surface area contributed by atoms with Gasteiger partial charge in [0, 0.05) is 0 Å². The van der Waals surface area contributed by atoms with Crippen molar-refractivity contribution in [2.45, 2.75) is 31.9 Å². The maximum atomic E-state index is 12.0. The minimum atomic E-state index is -0.326. The number of benzene rings is 1. The molecule has 108 valence electrons. The number of nitrogens with zero attached hydrogens (tertiary/aromatic N) is 1. The van der Waals surface area contributed by atoms with Crippen LogP contribution in [0.3, 0.4) is 0 Å². The van der Waals surface area contributed by atoms with Crippen LogP contribution in [0.25, 0.3) is 0 Å². The van der Waals surface area contributed by atoms with Gasteiger partial charge < -0.3 is 5.32 Å². The molecule has 2 rings (SSSR count). The third kappa shape index (κ3) is 3.53. The monoisotopic (exact) mass is 300 g/mol. The maximum absolute atomic E-state index is 12.0. The number of rotatable bonds is 4. The Kier molecular flexibility index (Phi) is 4.81. The lowest BCUT2D eigenvalue weighted by Gasteiger charge is -2.06. The van der Waals surface area contributed by atoms with Crippen LogP contribution in [0.4, 0.5) is 0 Å². The van der Waals surface area contributed by atoms with Crippen molar-refractivity contribution >= 4 is 23.5 Å². The summed E-state index contributed by atoms with van der Waals surface area (Å²) in [6.45, 7) is 3.42. The minimum absolute atomic E-state index is 0.0252. The Labute approximate surface area is 128 Å². The Balaban J connectivity index is 2.13. The van der Waals surface area contributed by atoms with Gasteiger partial charge in [-0.05, 0) is 30.9 Å². The van der Waals surface area contributed by atoms with Gasteiger partial charge in [-0.1, -0.05) is 43.0 Å². The van der Waals surface area contributed by atoms with E-state index in [1.54, 1.807) is 0 Å². The van der Waals surface area contributed by atoms with Crippen molar-refractivity contribution in [2.75, 3.05) is 0 Å². The number of nitrogens with one attached hydrogen (secondary N) is 1. The van der Waals surface area contributed by atoms with E-state index in [0.29, 0.717) is 11.4 Å². The lowest BCUT2D eigenvalue weighted by molar-refractivity contribution is -0.119. The van der Waals surface area contributed by atoms with Crippen molar-refractivity contribution in [3.05, 3.63) is 46.0 Å². The zero-order chi connectivity index (χ0) is 15.4. The third-order valence-corrected chi connectivity index (χ3v) is 4.54. The number of aryl methyl sites for hydroxylation is 1. The molecule has 0 saturated carbocycles. The van der Waals surface area contributed by atoms with E-state index in [1.165, 1.54) is 24.2 Å². The zero-order valence-electron chi connectivity index (χ0n) is 12.0. The summed E-state index contributed by atoms with van der Waals surface area (Å²) < 4.78 is 0. The average Bonchev–Trinajstić information content (AvgIpc) is 2.81. The van der Waals surface area contributed by atoms with E-state index in [9.17, 15) is 9.59 Å². The molecule has 0 radical (unpaired) electrons. The zero-order valence-corrected chi connectivity index (χ0v) is 12.8. The van der Waals surface area contributed by atoms with Crippen LogP contribution in [-0.2, 0) is 22.4 Å². The summed E-state index contributed by atoms with van der Waals surface area (Å²) in [6.07, 6.45) is 1.57. The molecule has 1 aromatic rings. The van der Waals surface area contributed by atoms with E-state index in [-0.39, 0.29) is 22.5 Å². The molecule has 0 aromatic heterocycles. The van der Waals surface area contributed by atoms with Crippen molar-refractivity contribution in [1.82, 2.24) is 5.32 Å². The van der Waals surface area contributed by atoms with E-state index in [2.05, 4.69) is 24.4 Å². The SMILES string of the molecule is CCc1ccc(C[C@H]2S/C(=C(\C#N)C(C)=O)NC2=O)cc1. The Morgan fingerprint density at radius 2 is 1.95 bits per heavy atom. The van der Waals surface area contributed by atoms with Gasteiger partial charge in [-0.3, -0.25) is 9.59 Å². The molecule has 1 fully saturated rings. The van der Waals surface area contributed by atoms with Crippen LogP contribution in [0.2, 0.25) is 0 Å². The highest BCUT2D eigenvalue weighted by molar-refractivity contribution is 8.04. The summed E-state index contributed by atoms with van der Waals surface area (Å²) in [4.78, 5) is 23.3. The summed E-state index contributed by atoms with van der Waals surface area (Å²) in [5.74, 6) is -0.475. The number of carbonyl (C=O) groups excluding carboxylic acids is 2. The fourth-order valence-electron chi connectivity index (χ4n) is 2.09. The molecular weight excluding hydrogens is 284 g/mol. The fourth-order valence-corrected chi connectivity index (χ4v) is 3.28. The molecule has 1 atom stereocenters. The number of hydrogen-bond acceptors (Lipinski definition) is 4. The van der Waals surface area contributed by atoms with Crippen LogP contribution in [0, 0.1) is 11.3 Å². The van der Waals surface area contributed by atoms with E-state index in [0.717, 1.165) is 12.0 Å². The van der Waals surface area contributed by atoms with Crippen molar-refractivity contribution in [3.63, 3.8) is 0 Å². The second-order valence-corrected chi connectivity index (χ2v) is 6.06. The van der Waals surface area contributed by atoms with Crippen LogP contribution in [-0.4, -0.2) is 16.9 Å². The first kappa shape index (κ1) is 15.3. The Morgan fingerprint density at radius 3 is 2.48 bits per heavy atom. The smallest absolute Gasteiger partial charge is 0.238 e. The van der Waals surface area contributed by atoms with Gasteiger partial charge >= 0.3 is 0 Å². The number of thioether (sulfide) groups is 1. The lowest BCUT2D eigenvalue weighted by atomic mass is 10.1. The van der Waals surface area contributed by atoms with Gasteiger partial charge in [-0.15, -0.1) is 0 Å². The predicted molar refractivity (Wildman–Crippen MR) is 82.4 cm³/mol. The van der Waals surface area contributed by atoms with Crippen LogP contribution in [0.15, 0.2) is 34.9 Å². The first-order chi connectivity index (χ1) is 10.0. The molecule has 0 unspecified atom stereocenters. The molecule has 1 aliphatic heterocycles. The minimum Gasteiger partial charge on any atom is -0.318 e. The molecular formula is C16H16N2O2S. The lowest BCUT2D eigenvalue weighted by Crippen LogP contribution is -2.24. The summed E-state index contributed by atoms with van der Waals surface area (Å²) >= 11 is 1.26. The quantitative estimate of drug-likeness (QED) is 0.684. The average molecular weight is 300 g/mol. The first-order valence-corrected chi connectivity index (χ1v) is 7.63. The predicted octanol–water partition coefficient (Wildman–Crippen LogP) is 2.35. The van der Waals surface area contributed by atoms with Crippen molar-refractivity contribution in [2.24, 2.45) is 0 Å². The maximum Gasteiger partial charge on any atom is 0.238 e. The Hall–Kier alpha value is -2.06. The number of nitriles is 1. The highest BCUT2D eigenvalue weighted by atomic mass is 32.2. The second kappa shape index (κ2) is 6.59. The number of allylic oxidation sites excluding steroid dienone is 1. The second-order valence-electron chi connectivity index (χ2n) is 4.84. The van der Waals surface area contributed by atoms with Crippen LogP contribution >= 0.6 is 11.8 Å². The normalized spacial score (nSPS) is 19.9. The number of hydrogen-bond donors (Lipinski definition) is 1. The highest BCUT2D eigenvalue weighted by Gasteiger charge is 2.32. The largest absolute Gasteiger partial charge is 0.318 e. The van der Waals surface area contributed by atoms with Gasteiger partial charge in [0.1, 0.15) is 11.6 Å². The van der Waals surface area contributed by atoms with E-state index < -0.39 is 0 Å². The van der Waals surface area contributed by atoms with Crippen molar-refractivity contribution < 1.29 is 9.59 Å². The van der Waals surface area contributed by atoms with E-state index >= 15 is 0 Å². The molecule has 1 saturated heterocycles. The molecule has 4 nitrogen and oxygen atoms in total. The number of Topliss-reactive ketones (excluding diaryl/α,β-unsaturated/α-hetero) is 1. The summed E-state index contributed by atoms with van der Waals surface area (Å²) in [7, 11) is 0. The van der Waals surface area contributed by atoms with E-state index in [1.807, 2.05) is 18.2 Å². The fraction of sp³-hybridized carbons (Fsp3) is 0.312.